The van der Waals surface area contributed by atoms with Crippen molar-refractivity contribution in [3.63, 3.8) is 0 Å². The summed E-state index contributed by atoms with van der Waals surface area (Å²) >= 11 is 0. The zero-order chi connectivity index (χ0) is 8.93. The topological polar surface area (TPSA) is 21.3 Å². The molecule has 0 amide bonds. The first kappa shape index (κ1) is 11.5. The average Bonchev–Trinajstić information content (AvgIpc) is 2.69. The van der Waals surface area contributed by atoms with Crippen LogP contribution in [0.3, 0.4) is 0 Å². The fourth-order valence-corrected chi connectivity index (χ4v) is 1.56. The number of ether oxygens (including phenoxy) is 1. The number of benzene rings is 1. The van der Waals surface area contributed by atoms with E-state index in [9.17, 15) is 0 Å². The minimum Gasteiger partial charge on any atom is -0.372 e. The average molecular weight is 214 g/mol. The second-order valence-corrected chi connectivity index (χ2v) is 3.41. The predicted molar refractivity (Wildman–Crippen MR) is 59.8 cm³/mol. The molecule has 0 bridgehead atoms. The molecule has 1 fully saturated rings. The van der Waals surface area contributed by atoms with Crippen molar-refractivity contribution in [2.45, 2.75) is 19.1 Å². The molecule has 1 atom stereocenters. The molecule has 0 saturated carbocycles. The van der Waals surface area contributed by atoms with Crippen molar-refractivity contribution in [2.24, 2.45) is 0 Å². The van der Waals surface area contributed by atoms with Crippen LogP contribution < -0.4 is 5.32 Å². The molecule has 1 unspecified atom stereocenters. The van der Waals surface area contributed by atoms with E-state index in [4.69, 9.17) is 4.74 Å². The first-order chi connectivity index (χ1) is 6.45. The summed E-state index contributed by atoms with van der Waals surface area (Å²) in [5.74, 6) is 0. The summed E-state index contributed by atoms with van der Waals surface area (Å²) in [5, 5.41) is 3.28. The van der Waals surface area contributed by atoms with E-state index in [-0.39, 0.29) is 12.4 Å². The molecule has 1 aliphatic rings. The van der Waals surface area contributed by atoms with Crippen LogP contribution in [0.25, 0.3) is 0 Å². The Kier molecular flexibility index (Phi) is 4.94. The van der Waals surface area contributed by atoms with E-state index < -0.39 is 0 Å². The predicted octanol–water partition coefficient (Wildman–Crippen LogP) is 1.99. The molecule has 1 saturated heterocycles. The SMILES string of the molecule is Cl.c1ccc(COC2CCNC2)cc1. The van der Waals surface area contributed by atoms with Gasteiger partial charge in [0.05, 0.1) is 12.7 Å². The molecular weight excluding hydrogens is 198 g/mol. The normalized spacial score (nSPS) is 20.4. The third-order valence-corrected chi connectivity index (χ3v) is 2.34. The summed E-state index contributed by atoms with van der Waals surface area (Å²) in [4.78, 5) is 0. The lowest BCUT2D eigenvalue weighted by atomic mass is 10.2. The van der Waals surface area contributed by atoms with E-state index in [1.807, 2.05) is 18.2 Å². The van der Waals surface area contributed by atoms with E-state index in [1.54, 1.807) is 0 Å². The van der Waals surface area contributed by atoms with Gasteiger partial charge in [-0.3, -0.25) is 0 Å². The minimum absolute atomic E-state index is 0. The fourth-order valence-electron chi connectivity index (χ4n) is 1.56. The van der Waals surface area contributed by atoms with Crippen molar-refractivity contribution in [3.8, 4) is 0 Å². The highest BCUT2D eigenvalue weighted by atomic mass is 35.5. The van der Waals surface area contributed by atoms with Gasteiger partial charge in [-0.2, -0.15) is 0 Å². The monoisotopic (exact) mass is 213 g/mol. The lowest BCUT2D eigenvalue weighted by Gasteiger charge is -2.09. The van der Waals surface area contributed by atoms with Gasteiger partial charge in [0.2, 0.25) is 0 Å². The van der Waals surface area contributed by atoms with Crippen LogP contribution >= 0.6 is 12.4 Å². The summed E-state index contributed by atoms with van der Waals surface area (Å²) in [6.45, 7) is 2.85. The van der Waals surface area contributed by atoms with Gasteiger partial charge in [0, 0.05) is 6.54 Å². The van der Waals surface area contributed by atoms with Gasteiger partial charge in [-0.1, -0.05) is 30.3 Å². The molecular formula is C11H16ClNO. The van der Waals surface area contributed by atoms with Crippen LogP contribution in [0.4, 0.5) is 0 Å². The largest absolute Gasteiger partial charge is 0.372 e. The lowest BCUT2D eigenvalue weighted by molar-refractivity contribution is 0.0542. The number of nitrogens with one attached hydrogen (secondary N) is 1. The molecule has 0 radical (unpaired) electrons. The molecule has 1 aromatic carbocycles. The van der Waals surface area contributed by atoms with Crippen molar-refractivity contribution in [1.82, 2.24) is 5.32 Å². The highest BCUT2D eigenvalue weighted by Gasteiger charge is 2.13. The molecule has 2 nitrogen and oxygen atoms in total. The van der Waals surface area contributed by atoms with Crippen LogP contribution in [0.1, 0.15) is 12.0 Å². The van der Waals surface area contributed by atoms with Crippen LogP contribution in [0.2, 0.25) is 0 Å². The zero-order valence-corrected chi connectivity index (χ0v) is 8.93. The van der Waals surface area contributed by atoms with Gasteiger partial charge in [0.15, 0.2) is 0 Å². The summed E-state index contributed by atoms with van der Waals surface area (Å²) in [5.41, 5.74) is 1.26. The van der Waals surface area contributed by atoms with E-state index in [0.717, 1.165) is 26.1 Å². The third-order valence-electron chi connectivity index (χ3n) is 2.34. The Morgan fingerprint density at radius 2 is 2.07 bits per heavy atom. The summed E-state index contributed by atoms with van der Waals surface area (Å²) in [6, 6.07) is 10.3. The van der Waals surface area contributed by atoms with Gasteiger partial charge in [-0.15, -0.1) is 12.4 Å². The van der Waals surface area contributed by atoms with Crippen molar-refractivity contribution in [3.05, 3.63) is 35.9 Å². The van der Waals surface area contributed by atoms with Crippen molar-refractivity contribution >= 4 is 12.4 Å². The molecule has 0 aromatic heterocycles. The van der Waals surface area contributed by atoms with E-state index in [2.05, 4.69) is 17.4 Å². The van der Waals surface area contributed by atoms with Crippen molar-refractivity contribution in [2.75, 3.05) is 13.1 Å². The fraction of sp³-hybridized carbons (Fsp3) is 0.455. The number of rotatable bonds is 3. The Morgan fingerprint density at radius 3 is 2.71 bits per heavy atom. The first-order valence-corrected chi connectivity index (χ1v) is 4.81. The van der Waals surface area contributed by atoms with E-state index in [1.165, 1.54) is 5.56 Å². The summed E-state index contributed by atoms with van der Waals surface area (Å²) in [6.07, 6.45) is 1.56. The van der Waals surface area contributed by atoms with Gasteiger partial charge in [-0.25, -0.2) is 0 Å². The molecule has 1 N–H and O–H groups in total. The molecule has 1 aliphatic heterocycles. The lowest BCUT2D eigenvalue weighted by Crippen LogP contribution is -2.16. The Hall–Kier alpha value is -0.570. The van der Waals surface area contributed by atoms with E-state index in [0.29, 0.717) is 6.10 Å². The molecule has 14 heavy (non-hydrogen) atoms. The van der Waals surface area contributed by atoms with Crippen molar-refractivity contribution < 1.29 is 4.74 Å². The maximum Gasteiger partial charge on any atom is 0.0721 e. The van der Waals surface area contributed by atoms with Crippen LogP contribution in [-0.4, -0.2) is 19.2 Å². The van der Waals surface area contributed by atoms with Crippen molar-refractivity contribution in [1.29, 1.82) is 0 Å². The number of halogens is 1. The van der Waals surface area contributed by atoms with Gasteiger partial charge in [0.25, 0.3) is 0 Å². The summed E-state index contributed by atoms with van der Waals surface area (Å²) in [7, 11) is 0. The van der Waals surface area contributed by atoms with Crippen LogP contribution in [0.15, 0.2) is 30.3 Å². The molecule has 1 aromatic rings. The molecule has 78 valence electrons. The minimum atomic E-state index is 0. The molecule has 0 aliphatic carbocycles. The Balaban J connectivity index is 0.000000980. The zero-order valence-electron chi connectivity index (χ0n) is 8.11. The Labute approximate surface area is 91.1 Å². The standard InChI is InChI=1S/C11H15NO.ClH/c1-2-4-10(5-3-1)9-13-11-6-7-12-8-11;/h1-5,11-12H,6-9H2;1H. The van der Waals surface area contributed by atoms with Gasteiger partial charge in [-0.05, 0) is 18.5 Å². The first-order valence-electron chi connectivity index (χ1n) is 4.81. The third kappa shape index (κ3) is 3.29. The van der Waals surface area contributed by atoms with Crippen LogP contribution in [0, 0.1) is 0 Å². The van der Waals surface area contributed by atoms with Gasteiger partial charge < -0.3 is 10.1 Å². The van der Waals surface area contributed by atoms with E-state index >= 15 is 0 Å². The summed E-state index contributed by atoms with van der Waals surface area (Å²) < 4.78 is 5.73. The second kappa shape index (κ2) is 6.02. The van der Waals surface area contributed by atoms with Gasteiger partial charge >= 0.3 is 0 Å². The maximum atomic E-state index is 5.73. The van der Waals surface area contributed by atoms with Crippen LogP contribution in [0.5, 0.6) is 0 Å². The van der Waals surface area contributed by atoms with Gasteiger partial charge in [0.1, 0.15) is 0 Å². The number of hydrogen-bond acceptors (Lipinski definition) is 2. The molecule has 0 spiro atoms. The highest BCUT2D eigenvalue weighted by molar-refractivity contribution is 5.85. The number of hydrogen-bond donors (Lipinski definition) is 1. The Bertz CT molecular complexity index is 247. The van der Waals surface area contributed by atoms with Crippen LogP contribution in [-0.2, 0) is 11.3 Å². The maximum absolute atomic E-state index is 5.73. The second-order valence-electron chi connectivity index (χ2n) is 3.41. The smallest absolute Gasteiger partial charge is 0.0721 e. The molecule has 3 heteroatoms. The molecule has 2 rings (SSSR count). The quantitative estimate of drug-likeness (QED) is 0.829. The molecule has 1 heterocycles. The Morgan fingerprint density at radius 1 is 1.29 bits per heavy atom. The highest BCUT2D eigenvalue weighted by Crippen LogP contribution is 2.07.